The van der Waals surface area contributed by atoms with E-state index in [4.69, 9.17) is 57.6 Å². The molecule has 0 aliphatic carbocycles. The molecule has 0 saturated heterocycles. The van der Waals surface area contributed by atoms with Gasteiger partial charge in [0.25, 0.3) is 0 Å². The summed E-state index contributed by atoms with van der Waals surface area (Å²) in [5.74, 6) is -1.63. The Morgan fingerprint density at radius 2 is 1.00 bits per heavy atom. The fraction of sp³-hybridized carbons (Fsp3) is 0.455. The van der Waals surface area contributed by atoms with Gasteiger partial charge in [-0.15, -0.1) is 0 Å². The van der Waals surface area contributed by atoms with Crippen molar-refractivity contribution in [2.24, 2.45) is 32.9 Å². The first-order valence-corrected chi connectivity index (χ1v) is 12.8. The van der Waals surface area contributed by atoms with Crippen LogP contribution in [0.3, 0.4) is 0 Å². The number of nitrogens with two attached hydrogens (primary N) is 6. The fourth-order valence-electron chi connectivity index (χ4n) is 3.38. The zero-order valence-electron chi connectivity index (χ0n) is 23.2. The average Bonchev–Trinajstić information content (AvgIpc) is 2.82. The van der Waals surface area contributed by atoms with Crippen LogP contribution in [0.2, 0.25) is 10.3 Å². The van der Waals surface area contributed by atoms with E-state index < -0.39 is 11.8 Å². The molecule has 16 nitrogen and oxygen atoms in total. The van der Waals surface area contributed by atoms with Gasteiger partial charge in [-0.1, -0.05) is 23.2 Å². The van der Waals surface area contributed by atoms with Crippen LogP contribution in [-0.2, 0) is 0 Å². The first-order valence-electron chi connectivity index (χ1n) is 12.0. The van der Waals surface area contributed by atoms with Gasteiger partial charge in [0.2, 0.25) is 0 Å². The zero-order chi connectivity index (χ0) is 30.9. The van der Waals surface area contributed by atoms with Crippen molar-refractivity contribution < 1.29 is 9.59 Å². The number of guanidine groups is 2. The second-order valence-corrected chi connectivity index (χ2v) is 9.30. The van der Waals surface area contributed by atoms with E-state index in [2.05, 4.69) is 29.9 Å². The van der Waals surface area contributed by atoms with Gasteiger partial charge in [-0.3, -0.25) is 9.59 Å². The molecule has 0 aliphatic rings. The van der Waals surface area contributed by atoms with Gasteiger partial charge in [0.15, 0.2) is 56.9 Å². The Labute approximate surface area is 242 Å². The van der Waals surface area contributed by atoms with Crippen LogP contribution in [0.5, 0.6) is 0 Å². The molecule has 0 aromatic carbocycles. The number of aliphatic imine (C=N–C) groups is 2. The highest BCUT2D eigenvalue weighted by molar-refractivity contribution is 6.32. The zero-order valence-corrected chi connectivity index (χ0v) is 24.7. The monoisotopic (exact) mass is 598 g/mol. The Hall–Kier alpha value is -4.18. The molecule has 2 heterocycles. The van der Waals surface area contributed by atoms with Crippen molar-refractivity contribution in [2.75, 3.05) is 34.4 Å². The van der Waals surface area contributed by atoms with E-state index in [0.29, 0.717) is 24.7 Å². The van der Waals surface area contributed by atoms with Crippen LogP contribution in [0.15, 0.2) is 9.98 Å². The maximum Gasteiger partial charge on any atom is 0.302 e. The second kappa shape index (κ2) is 14.8. The Bertz CT molecular complexity index is 1180. The van der Waals surface area contributed by atoms with E-state index >= 15 is 0 Å². The lowest BCUT2D eigenvalue weighted by Crippen LogP contribution is -2.32. The smallest absolute Gasteiger partial charge is 0.302 e. The summed E-state index contributed by atoms with van der Waals surface area (Å²) in [7, 11) is 0. The lowest BCUT2D eigenvalue weighted by atomic mass is 10.3. The number of amides is 2. The van der Waals surface area contributed by atoms with Crippen molar-refractivity contribution in [3.05, 3.63) is 21.7 Å². The molecule has 2 amide bonds. The number of nitrogen functional groups attached to an aromatic ring is 2. The topological polar surface area (TPSA) is 273 Å². The van der Waals surface area contributed by atoms with Crippen LogP contribution in [-0.4, -0.2) is 68.8 Å². The molecule has 220 valence electrons. The summed E-state index contributed by atoms with van der Waals surface area (Å²) in [5.41, 5.74) is 31.6. The van der Waals surface area contributed by atoms with Crippen LogP contribution < -0.4 is 44.2 Å². The Morgan fingerprint density at radius 3 is 1.23 bits per heavy atom. The van der Waals surface area contributed by atoms with E-state index in [9.17, 15) is 9.59 Å². The summed E-state index contributed by atoms with van der Waals surface area (Å²) in [6.07, 6.45) is 0. The van der Waals surface area contributed by atoms with E-state index in [1.807, 2.05) is 51.3 Å². The number of carbonyl (C=O) groups is 2. The number of hydrogen-bond donors (Lipinski definition) is 6. The van der Waals surface area contributed by atoms with Crippen molar-refractivity contribution in [2.45, 2.75) is 53.6 Å². The summed E-state index contributed by atoms with van der Waals surface area (Å²) in [4.78, 5) is 50.1. The molecule has 0 atom stereocenters. The van der Waals surface area contributed by atoms with Crippen molar-refractivity contribution in [1.82, 2.24) is 19.9 Å². The highest BCUT2D eigenvalue weighted by Crippen LogP contribution is 2.27. The number of anilines is 4. The minimum absolute atomic E-state index is 0.0708. The molecule has 40 heavy (non-hydrogen) atoms. The van der Waals surface area contributed by atoms with Gasteiger partial charge in [-0.2, -0.15) is 9.98 Å². The van der Waals surface area contributed by atoms with E-state index in [-0.39, 0.29) is 57.3 Å². The van der Waals surface area contributed by atoms with E-state index in [1.54, 1.807) is 0 Å². The fourth-order valence-corrected chi connectivity index (χ4v) is 3.85. The van der Waals surface area contributed by atoms with Crippen LogP contribution >= 0.6 is 23.2 Å². The van der Waals surface area contributed by atoms with Gasteiger partial charge >= 0.3 is 11.8 Å². The molecule has 2 aromatic rings. The second-order valence-electron chi connectivity index (χ2n) is 8.59. The van der Waals surface area contributed by atoms with Gasteiger partial charge < -0.3 is 44.2 Å². The average molecular weight is 600 g/mol. The quantitative estimate of drug-likeness (QED) is 0.180. The standard InChI is InChI=1S/2C11H18ClN7O/c2*1-4-19(5(2)3)9-7(12)16-6(8(13)17-9)10(20)18-11(14)15/h2*5H,4H2,1-3H3,(H2,13,17)(H4,14,15,18,20). The molecule has 18 heteroatoms. The maximum atomic E-state index is 11.7. The number of carbonyl (C=O) groups excluding carboxylic acids is 2. The normalized spacial score (nSPS) is 10.4. The highest BCUT2D eigenvalue weighted by atomic mass is 35.5. The molecule has 0 saturated carbocycles. The van der Waals surface area contributed by atoms with Gasteiger partial charge in [-0.05, 0) is 41.5 Å². The Balaban J connectivity index is 0.000000400. The summed E-state index contributed by atoms with van der Waals surface area (Å²) < 4.78 is 0. The third-order valence-corrected chi connectivity index (χ3v) is 5.57. The molecule has 0 bridgehead atoms. The molecule has 0 spiro atoms. The minimum atomic E-state index is -0.781. The first-order chi connectivity index (χ1) is 18.5. The molecule has 0 unspecified atom stereocenters. The third kappa shape index (κ3) is 8.94. The Kier molecular flexibility index (Phi) is 12.6. The maximum absolute atomic E-state index is 11.7. The molecule has 2 aromatic heterocycles. The van der Waals surface area contributed by atoms with Gasteiger partial charge in [0.05, 0.1) is 0 Å². The molecule has 0 aliphatic heterocycles. The molecule has 0 fully saturated rings. The predicted molar refractivity (Wildman–Crippen MR) is 160 cm³/mol. The lowest BCUT2D eigenvalue weighted by molar-refractivity contribution is 0.0990. The number of nitrogens with zero attached hydrogens (tertiary/aromatic N) is 8. The van der Waals surface area contributed by atoms with Gasteiger partial charge in [0.1, 0.15) is 0 Å². The summed E-state index contributed by atoms with van der Waals surface area (Å²) in [6, 6.07) is 0.316. The van der Waals surface area contributed by atoms with Crippen LogP contribution in [0.25, 0.3) is 0 Å². The first kappa shape index (κ1) is 33.8. The number of hydrogen-bond acceptors (Lipinski definition) is 10. The molecule has 12 N–H and O–H groups in total. The van der Waals surface area contributed by atoms with Crippen LogP contribution in [0.4, 0.5) is 23.3 Å². The molecular weight excluding hydrogens is 563 g/mol. The predicted octanol–water partition coefficient (Wildman–Crippen LogP) is 0.721. The van der Waals surface area contributed by atoms with E-state index in [0.717, 1.165) is 0 Å². The van der Waals surface area contributed by atoms with E-state index in [1.165, 1.54) is 0 Å². The number of halogens is 2. The van der Waals surface area contributed by atoms with Crippen molar-refractivity contribution in [3.8, 4) is 0 Å². The van der Waals surface area contributed by atoms with Crippen molar-refractivity contribution >= 4 is 70.2 Å². The largest absolute Gasteiger partial charge is 0.382 e. The van der Waals surface area contributed by atoms with Crippen molar-refractivity contribution in [3.63, 3.8) is 0 Å². The van der Waals surface area contributed by atoms with Gasteiger partial charge in [0, 0.05) is 25.2 Å². The summed E-state index contributed by atoms with van der Waals surface area (Å²) >= 11 is 12.1. The lowest BCUT2D eigenvalue weighted by Gasteiger charge is -2.27. The highest BCUT2D eigenvalue weighted by Gasteiger charge is 2.22. The minimum Gasteiger partial charge on any atom is -0.382 e. The number of aromatic nitrogens is 4. The van der Waals surface area contributed by atoms with Crippen LogP contribution in [0, 0.1) is 0 Å². The Morgan fingerprint density at radius 1 is 0.700 bits per heavy atom. The number of rotatable bonds is 8. The molecular formula is C22H36Cl2N14O2. The third-order valence-electron chi connectivity index (χ3n) is 5.07. The SMILES string of the molecule is CCN(c1nc(N)c(C(=O)N=C(N)N)nc1Cl)C(C)C.CCN(c1nc(N)c(C(=O)N=C(N)N)nc1Cl)C(C)C. The van der Waals surface area contributed by atoms with Crippen LogP contribution in [0.1, 0.15) is 62.5 Å². The van der Waals surface area contributed by atoms with Gasteiger partial charge in [-0.25, -0.2) is 19.9 Å². The molecule has 2 rings (SSSR count). The summed E-state index contributed by atoms with van der Waals surface area (Å²) in [6.45, 7) is 13.2. The summed E-state index contributed by atoms with van der Waals surface area (Å²) in [5, 5.41) is 0.146. The van der Waals surface area contributed by atoms with Crippen molar-refractivity contribution in [1.29, 1.82) is 0 Å². The molecule has 0 radical (unpaired) electrons.